The largest absolute Gasteiger partial charge is 0.421 e. The van der Waals surface area contributed by atoms with Gasteiger partial charge in [-0.1, -0.05) is 24.3 Å². The molecule has 2 fully saturated rings. The van der Waals surface area contributed by atoms with Crippen molar-refractivity contribution >= 4 is 38.4 Å². The number of ether oxygens (including phenoxy) is 1. The van der Waals surface area contributed by atoms with Crippen molar-refractivity contribution in [3.63, 3.8) is 0 Å². The molecule has 4 rings (SSSR count). The molecule has 42 heavy (non-hydrogen) atoms. The average molecular weight is 653 g/mol. The zero-order chi connectivity index (χ0) is 30.9. The molecule has 0 aliphatic carbocycles. The van der Waals surface area contributed by atoms with Gasteiger partial charge in [0.2, 0.25) is 20.0 Å². The Morgan fingerprint density at radius 3 is 2.31 bits per heavy atom. The van der Waals surface area contributed by atoms with Gasteiger partial charge in [-0.05, 0) is 36.8 Å². The van der Waals surface area contributed by atoms with E-state index in [2.05, 4.69) is 17.4 Å². The van der Waals surface area contributed by atoms with E-state index in [9.17, 15) is 35.1 Å². The highest BCUT2D eigenvalue weighted by Gasteiger charge is 2.51. The van der Waals surface area contributed by atoms with E-state index in [0.717, 1.165) is 6.26 Å². The standard InChI is InChI=1S/C26H35F3N4O6S3/c1-25(34,26(27,28)29)19-7-9-20(10-8-19)33-12-11-32(42(37,38)24-6-4-3-5-23(24)40)17-22(33)16-31-13-14-39-18-21(31)15-30-41(2,35)36/h3-10,21-22,30,34,40H,11-18H2,1-2H3/t21-,22+,25+/m1/s1. The summed E-state index contributed by atoms with van der Waals surface area (Å²) in [5, 5.41) is 10.1. The number of nitrogens with zero attached hydrogens (tertiary/aromatic N) is 3. The molecule has 0 radical (unpaired) electrons. The van der Waals surface area contributed by atoms with E-state index in [0.29, 0.717) is 37.2 Å². The van der Waals surface area contributed by atoms with Crippen LogP contribution in [0.3, 0.4) is 0 Å². The minimum Gasteiger partial charge on any atom is -0.378 e. The van der Waals surface area contributed by atoms with Gasteiger partial charge < -0.3 is 14.7 Å². The maximum absolute atomic E-state index is 13.6. The van der Waals surface area contributed by atoms with Crippen molar-refractivity contribution in [2.75, 3.05) is 63.6 Å². The monoisotopic (exact) mass is 652 g/mol. The van der Waals surface area contributed by atoms with E-state index in [4.69, 9.17) is 4.74 Å². The van der Waals surface area contributed by atoms with E-state index < -0.39 is 37.9 Å². The number of nitrogens with one attached hydrogen (secondary N) is 1. The predicted octanol–water partition coefficient (Wildman–Crippen LogP) is 1.87. The second-order valence-corrected chi connectivity index (χ2v) is 14.9. The van der Waals surface area contributed by atoms with E-state index >= 15 is 0 Å². The summed E-state index contributed by atoms with van der Waals surface area (Å²) >= 11 is 4.33. The first-order valence-corrected chi connectivity index (χ1v) is 17.0. The van der Waals surface area contributed by atoms with E-state index in [1.54, 1.807) is 18.2 Å². The summed E-state index contributed by atoms with van der Waals surface area (Å²) in [6, 6.07) is 11.0. The number of aliphatic hydroxyl groups is 1. The summed E-state index contributed by atoms with van der Waals surface area (Å²) in [6.45, 7) is 2.68. The lowest BCUT2D eigenvalue weighted by Gasteiger charge is -2.46. The molecule has 2 aliphatic heterocycles. The molecular formula is C26H35F3N4O6S3. The van der Waals surface area contributed by atoms with E-state index in [-0.39, 0.29) is 49.3 Å². The molecule has 0 saturated carbocycles. The van der Waals surface area contributed by atoms with Crippen LogP contribution in [0.1, 0.15) is 12.5 Å². The highest BCUT2D eigenvalue weighted by molar-refractivity contribution is 7.90. The molecule has 16 heteroatoms. The van der Waals surface area contributed by atoms with Crippen LogP contribution in [-0.4, -0.2) is 108 Å². The maximum atomic E-state index is 13.6. The summed E-state index contributed by atoms with van der Waals surface area (Å²) in [4.78, 5) is 4.34. The Bertz CT molecular complexity index is 1460. The molecule has 0 unspecified atom stereocenters. The van der Waals surface area contributed by atoms with Gasteiger partial charge in [0, 0.05) is 55.9 Å². The smallest absolute Gasteiger partial charge is 0.378 e. The number of benzene rings is 2. The summed E-state index contributed by atoms with van der Waals surface area (Å²) < 4.78 is 100. The zero-order valence-corrected chi connectivity index (χ0v) is 25.7. The Morgan fingerprint density at radius 1 is 1.02 bits per heavy atom. The molecule has 2 N–H and O–H groups in total. The summed E-state index contributed by atoms with van der Waals surface area (Å²) in [6.07, 6.45) is -3.81. The molecule has 2 aromatic carbocycles. The van der Waals surface area contributed by atoms with E-state index in [1.165, 1.54) is 34.6 Å². The van der Waals surface area contributed by atoms with Crippen LogP contribution in [0.4, 0.5) is 18.9 Å². The van der Waals surface area contributed by atoms with Gasteiger partial charge in [0.1, 0.15) is 0 Å². The van der Waals surface area contributed by atoms with Gasteiger partial charge >= 0.3 is 6.18 Å². The highest BCUT2D eigenvalue weighted by Crippen LogP contribution is 2.39. The molecule has 2 aliphatic rings. The van der Waals surface area contributed by atoms with Crippen LogP contribution in [0.15, 0.2) is 58.3 Å². The predicted molar refractivity (Wildman–Crippen MR) is 155 cm³/mol. The first kappa shape index (κ1) is 33.0. The number of piperazine rings is 1. The quantitative estimate of drug-likeness (QED) is 0.352. The van der Waals surface area contributed by atoms with Gasteiger partial charge in [0.05, 0.1) is 30.4 Å². The topological polar surface area (TPSA) is 119 Å². The fourth-order valence-corrected chi connectivity index (χ4v) is 7.69. The molecule has 234 valence electrons. The number of morpholine rings is 1. The van der Waals surface area contributed by atoms with Gasteiger partial charge in [0.25, 0.3) is 0 Å². The molecule has 0 spiro atoms. The molecule has 2 aromatic rings. The summed E-state index contributed by atoms with van der Waals surface area (Å²) in [7, 11) is -7.38. The Labute approximate surface area is 249 Å². The van der Waals surface area contributed by atoms with Crippen molar-refractivity contribution in [3.05, 3.63) is 54.1 Å². The molecule has 2 heterocycles. The Kier molecular flexibility index (Phi) is 9.89. The van der Waals surface area contributed by atoms with Crippen LogP contribution in [0.5, 0.6) is 0 Å². The van der Waals surface area contributed by atoms with Crippen LogP contribution >= 0.6 is 12.6 Å². The Hall–Kier alpha value is -1.92. The van der Waals surface area contributed by atoms with Gasteiger partial charge in [-0.3, -0.25) is 4.90 Å². The Morgan fingerprint density at radius 2 is 1.69 bits per heavy atom. The number of anilines is 1. The zero-order valence-electron chi connectivity index (χ0n) is 23.2. The van der Waals surface area contributed by atoms with Crippen molar-refractivity contribution in [2.24, 2.45) is 0 Å². The van der Waals surface area contributed by atoms with Crippen LogP contribution in [0.2, 0.25) is 0 Å². The second kappa shape index (κ2) is 12.6. The van der Waals surface area contributed by atoms with Crippen molar-refractivity contribution in [1.29, 1.82) is 0 Å². The lowest BCUT2D eigenvalue weighted by atomic mass is 9.95. The van der Waals surface area contributed by atoms with Crippen LogP contribution in [-0.2, 0) is 30.4 Å². The molecule has 0 aromatic heterocycles. The SMILES string of the molecule is C[C@](O)(c1ccc(N2CCN(S(=O)(=O)c3ccccc3S)C[C@@H]2CN2CCOC[C@H]2CNS(C)(=O)=O)cc1)C(F)(F)F. The summed E-state index contributed by atoms with van der Waals surface area (Å²) in [5.74, 6) is 0. The average Bonchev–Trinajstić information content (AvgIpc) is 2.92. The molecular weight excluding hydrogens is 618 g/mol. The summed E-state index contributed by atoms with van der Waals surface area (Å²) in [5.41, 5.74) is -2.79. The maximum Gasteiger partial charge on any atom is 0.421 e. The van der Waals surface area contributed by atoms with Crippen LogP contribution < -0.4 is 9.62 Å². The number of rotatable bonds is 9. The molecule has 2 saturated heterocycles. The third-order valence-electron chi connectivity index (χ3n) is 7.62. The fourth-order valence-electron chi connectivity index (χ4n) is 5.13. The number of sulfonamides is 2. The van der Waals surface area contributed by atoms with Crippen molar-refractivity contribution < 1.29 is 39.9 Å². The van der Waals surface area contributed by atoms with Crippen molar-refractivity contribution in [1.82, 2.24) is 13.9 Å². The van der Waals surface area contributed by atoms with Gasteiger partial charge in [0.15, 0.2) is 5.60 Å². The molecule has 0 amide bonds. The lowest BCUT2D eigenvalue weighted by molar-refractivity contribution is -0.258. The highest BCUT2D eigenvalue weighted by atomic mass is 32.2. The first-order chi connectivity index (χ1) is 19.5. The second-order valence-electron chi connectivity index (χ2n) is 10.6. The number of alkyl halides is 3. The number of hydrogen-bond donors (Lipinski definition) is 3. The molecule has 0 bridgehead atoms. The van der Waals surface area contributed by atoms with Gasteiger partial charge in [-0.25, -0.2) is 21.6 Å². The van der Waals surface area contributed by atoms with Crippen molar-refractivity contribution in [3.8, 4) is 0 Å². The van der Waals surface area contributed by atoms with Crippen molar-refractivity contribution in [2.45, 2.75) is 40.6 Å². The molecule has 10 nitrogen and oxygen atoms in total. The number of halogens is 3. The minimum absolute atomic E-state index is 0.0655. The van der Waals surface area contributed by atoms with Crippen LogP contribution in [0.25, 0.3) is 0 Å². The normalized spacial score (nSPS) is 23.1. The minimum atomic E-state index is -4.87. The third kappa shape index (κ3) is 7.41. The first-order valence-electron chi connectivity index (χ1n) is 13.2. The number of thiol groups is 1. The fraction of sp³-hybridized carbons (Fsp3) is 0.538. The van der Waals surface area contributed by atoms with Gasteiger partial charge in [-0.2, -0.15) is 17.5 Å². The van der Waals surface area contributed by atoms with Gasteiger partial charge in [-0.15, -0.1) is 12.6 Å². The number of hydrogen-bond acceptors (Lipinski definition) is 9. The van der Waals surface area contributed by atoms with Crippen LogP contribution in [0, 0.1) is 0 Å². The molecule has 3 atom stereocenters. The third-order valence-corrected chi connectivity index (χ3v) is 10.8. The Balaban J connectivity index is 1.64. The van der Waals surface area contributed by atoms with E-state index in [1.807, 2.05) is 9.80 Å². The lowest BCUT2D eigenvalue weighted by Crippen LogP contribution is -2.61.